The highest BCUT2D eigenvalue weighted by molar-refractivity contribution is 6.10. The van der Waals surface area contributed by atoms with Crippen molar-refractivity contribution in [3.8, 4) is 11.5 Å². The minimum Gasteiger partial charge on any atom is -0.454 e. The highest BCUT2D eigenvalue weighted by Gasteiger charge is 2.51. The van der Waals surface area contributed by atoms with Gasteiger partial charge in [-0.2, -0.15) is 0 Å². The van der Waals surface area contributed by atoms with Crippen LogP contribution in [0, 0.1) is 0 Å². The molecule has 0 atom stereocenters. The second kappa shape index (κ2) is 5.84. The highest BCUT2D eigenvalue weighted by Crippen LogP contribution is 2.51. The summed E-state index contributed by atoms with van der Waals surface area (Å²) in [4.78, 5) is 21.1. The van der Waals surface area contributed by atoms with Crippen LogP contribution >= 0.6 is 0 Å². The number of aliphatic imine (C=N–C) groups is 1. The predicted octanol–water partition coefficient (Wildman–Crippen LogP) is 4.31. The Morgan fingerprint density at radius 2 is 1.89 bits per heavy atom. The first kappa shape index (κ1) is 17.3. The molecule has 1 aliphatic heterocycles. The molecule has 1 aromatic heterocycles. The molecule has 28 heavy (non-hydrogen) atoms. The Labute approximate surface area is 164 Å². The number of hydrogen-bond acceptors (Lipinski definition) is 3. The van der Waals surface area contributed by atoms with Gasteiger partial charge in [-0.05, 0) is 54.3 Å². The Bertz CT molecular complexity index is 1030. The van der Waals surface area contributed by atoms with E-state index < -0.39 is 5.41 Å². The lowest BCUT2D eigenvalue weighted by molar-refractivity contribution is -0.120. The molecule has 3 aliphatic rings. The molecule has 0 spiro atoms. The molecule has 2 heterocycles. The highest BCUT2D eigenvalue weighted by atomic mass is 16.7. The topological polar surface area (TPSA) is 63.7 Å². The quantitative estimate of drug-likeness (QED) is 0.849. The van der Waals surface area contributed by atoms with Crippen LogP contribution in [0.1, 0.15) is 56.1 Å². The molecular formula is C23H24N2O3. The maximum atomic E-state index is 13.1. The van der Waals surface area contributed by atoms with E-state index in [0.29, 0.717) is 12.2 Å². The number of aromatic amines is 1. The van der Waals surface area contributed by atoms with E-state index in [1.54, 1.807) is 0 Å². The number of aromatic nitrogens is 1. The van der Waals surface area contributed by atoms with Gasteiger partial charge in [0.25, 0.3) is 5.91 Å². The molecule has 0 unspecified atom stereocenters. The summed E-state index contributed by atoms with van der Waals surface area (Å²) in [5.74, 6) is 1.40. The second-order valence-electron chi connectivity index (χ2n) is 8.94. The van der Waals surface area contributed by atoms with Crippen molar-refractivity contribution in [1.82, 2.24) is 4.98 Å². The van der Waals surface area contributed by atoms with Gasteiger partial charge in [-0.25, -0.2) is 4.99 Å². The molecule has 144 valence electrons. The number of carbonyl (C=O) groups excluding carboxylic acids is 1. The Hall–Kier alpha value is -2.82. The lowest BCUT2D eigenvalue weighted by atomic mass is 9.91. The van der Waals surface area contributed by atoms with Gasteiger partial charge in [-0.1, -0.05) is 26.8 Å². The monoisotopic (exact) mass is 376 g/mol. The molecule has 0 bridgehead atoms. The van der Waals surface area contributed by atoms with Gasteiger partial charge >= 0.3 is 0 Å². The number of fused-ring (bicyclic) bond motifs is 2. The summed E-state index contributed by atoms with van der Waals surface area (Å²) < 4.78 is 10.9. The second-order valence-corrected chi connectivity index (χ2v) is 8.94. The first-order chi connectivity index (χ1) is 13.3. The number of amides is 1. The van der Waals surface area contributed by atoms with Crippen molar-refractivity contribution >= 4 is 17.7 Å². The van der Waals surface area contributed by atoms with E-state index in [0.717, 1.165) is 35.6 Å². The van der Waals surface area contributed by atoms with Gasteiger partial charge in [0.1, 0.15) is 0 Å². The molecule has 1 saturated carbocycles. The van der Waals surface area contributed by atoms with Crippen LogP contribution in [-0.2, 0) is 22.0 Å². The molecule has 5 nitrogen and oxygen atoms in total. The van der Waals surface area contributed by atoms with E-state index in [1.165, 1.54) is 11.3 Å². The van der Waals surface area contributed by atoms with E-state index in [9.17, 15) is 4.79 Å². The predicted molar refractivity (Wildman–Crippen MR) is 108 cm³/mol. The van der Waals surface area contributed by atoms with Gasteiger partial charge in [0, 0.05) is 28.9 Å². The summed E-state index contributed by atoms with van der Waals surface area (Å²) in [6.45, 7) is 6.81. The third kappa shape index (κ3) is 2.77. The first-order valence-electron chi connectivity index (χ1n) is 9.78. The summed E-state index contributed by atoms with van der Waals surface area (Å²) in [6.07, 6.45) is 6.33. The summed E-state index contributed by atoms with van der Waals surface area (Å²) in [5.41, 5.74) is 4.88. The van der Waals surface area contributed by atoms with Gasteiger partial charge in [0.2, 0.25) is 6.79 Å². The molecule has 2 aromatic rings. The van der Waals surface area contributed by atoms with Crippen molar-refractivity contribution in [2.45, 2.75) is 50.9 Å². The van der Waals surface area contributed by atoms with Crippen LogP contribution in [0.2, 0.25) is 0 Å². The van der Waals surface area contributed by atoms with Crippen molar-refractivity contribution in [3.05, 3.63) is 52.9 Å². The molecule has 0 saturated heterocycles. The molecule has 1 fully saturated rings. The zero-order chi connectivity index (χ0) is 19.5. The Morgan fingerprint density at radius 3 is 2.64 bits per heavy atom. The summed E-state index contributed by atoms with van der Waals surface area (Å²) >= 11 is 0. The van der Waals surface area contributed by atoms with Crippen LogP contribution in [-0.4, -0.2) is 23.4 Å². The number of rotatable bonds is 2. The van der Waals surface area contributed by atoms with Gasteiger partial charge in [0.15, 0.2) is 11.5 Å². The molecule has 0 radical (unpaired) electrons. The Kier molecular flexibility index (Phi) is 3.60. The van der Waals surface area contributed by atoms with Crippen LogP contribution in [0.4, 0.5) is 0 Å². The van der Waals surface area contributed by atoms with Crippen LogP contribution in [0.15, 0.2) is 35.3 Å². The van der Waals surface area contributed by atoms with E-state index in [2.05, 4.69) is 36.8 Å². The fraction of sp³-hybridized carbons (Fsp3) is 0.391. The first-order valence-corrected chi connectivity index (χ1v) is 9.78. The molecule has 5 rings (SSSR count). The van der Waals surface area contributed by atoms with Gasteiger partial charge in [0.05, 0.1) is 5.41 Å². The SMILES string of the molecule is CC(C)(C)c1cc2c([nH]1)C=CC(=NC(=O)C1(c3ccc4c(c3)OCO4)CC1)C2. The van der Waals surface area contributed by atoms with Crippen LogP contribution in [0.25, 0.3) is 6.08 Å². The van der Waals surface area contributed by atoms with Gasteiger partial charge in [-0.15, -0.1) is 0 Å². The molecular weight excluding hydrogens is 352 g/mol. The molecule has 1 amide bonds. The number of ether oxygens (including phenoxy) is 2. The number of H-pyrrole nitrogens is 1. The van der Waals surface area contributed by atoms with Crippen molar-refractivity contribution in [2.75, 3.05) is 6.79 Å². The van der Waals surface area contributed by atoms with E-state index in [4.69, 9.17) is 9.47 Å². The van der Waals surface area contributed by atoms with E-state index in [1.807, 2.05) is 30.4 Å². The van der Waals surface area contributed by atoms with Crippen molar-refractivity contribution in [3.63, 3.8) is 0 Å². The fourth-order valence-corrected chi connectivity index (χ4v) is 3.91. The number of benzene rings is 1. The van der Waals surface area contributed by atoms with Crippen molar-refractivity contribution in [1.29, 1.82) is 0 Å². The molecule has 1 aromatic carbocycles. The summed E-state index contributed by atoms with van der Waals surface area (Å²) in [5, 5.41) is 0. The lowest BCUT2D eigenvalue weighted by Crippen LogP contribution is -2.20. The largest absolute Gasteiger partial charge is 0.454 e. The van der Waals surface area contributed by atoms with E-state index >= 15 is 0 Å². The third-order valence-corrected chi connectivity index (χ3v) is 5.89. The average Bonchev–Trinajstić information content (AvgIpc) is 3.13. The van der Waals surface area contributed by atoms with Gasteiger partial charge < -0.3 is 14.5 Å². The van der Waals surface area contributed by atoms with Crippen molar-refractivity contribution < 1.29 is 14.3 Å². The number of nitrogens with one attached hydrogen (secondary N) is 1. The standard InChI is InChI=1S/C23H24N2O3/c1-22(2,3)20-11-14-10-16(5-6-17(14)25-20)24-21(26)23(8-9-23)15-4-7-18-19(12-15)28-13-27-18/h4-7,11-12,25H,8-10,13H2,1-3H3. The lowest BCUT2D eigenvalue weighted by Gasteiger charge is -2.15. The number of allylic oxidation sites excluding steroid dienone is 1. The zero-order valence-electron chi connectivity index (χ0n) is 16.5. The maximum Gasteiger partial charge on any atom is 0.256 e. The van der Waals surface area contributed by atoms with Gasteiger partial charge in [-0.3, -0.25) is 4.79 Å². The number of nitrogens with zero attached hydrogens (tertiary/aromatic N) is 1. The summed E-state index contributed by atoms with van der Waals surface area (Å²) in [6, 6.07) is 7.99. The average molecular weight is 376 g/mol. The van der Waals surface area contributed by atoms with Crippen LogP contribution in [0.5, 0.6) is 11.5 Å². The maximum absolute atomic E-state index is 13.1. The smallest absolute Gasteiger partial charge is 0.256 e. The number of hydrogen-bond donors (Lipinski definition) is 1. The Balaban J connectivity index is 1.39. The molecule has 5 heteroatoms. The van der Waals surface area contributed by atoms with E-state index in [-0.39, 0.29) is 18.1 Å². The fourth-order valence-electron chi connectivity index (χ4n) is 3.91. The Morgan fingerprint density at radius 1 is 1.11 bits per heavy atom. The summed E-state index contributed by atoms with van der Waals surface area (Å²) in [7, 11) is 0. The van der Waals surface area contributed by atoms with Crippen LogP contribution < -0.4 is 9.47 Å². The zero-order valence-corrected chi connectivity index (χ0v) is 16.5. The minimum atomic E-state index is -0.503. The molecule has 2 aliphatic carbocycles. The van der Waals surface area contributed by atoms with Crippen molar-refractivity contribution in [2.24, 2.45) is 4.99 Å². The minimum absolute atomic E-state index is 0.0546. The van der Waals surface area contributed by atoms with Crippen LogP contribution in [0.3, 0.4) is 0 Å². The molecule has 1 N–H and O–H groups in total. The number of carbonyl (C=O) groups is 1. The normalized spacial score (nSPS) is 20.3. The third-order valence-electron chi connectivity index (χ3n) is 5.89.